The van der Waals surface area contributed by atoms with Crippen molar-refractivity contribution < 1.29 is 8.42 Å². The van der Waals surface area contributed by atoms with E-state index in [4.69, 9.17) is 0 Å². The van der Waals surface area contributed by atoms with E-state index in [1.807, 2.05) is 0 Å². The quantitative estimate of drug-likeness (QED) is 0.603. The highest BCUT2D eigenvalue weighted by atomic mass is 32.2. The van der Waals surface area contributed by atoms with Gasteiger partial charge in [0.05, 0.1) is 5.75 Å². The minimum Gasteiger partial charge on any atom is -0.355 e. The average molecular weight is 302 g/mol. The first-order valence-corrected chi connectivity index (χ1v) is 8.88. The second-order valence-corrected chi connectivity index (χ2v) is 8.47. The molecule has 6 nitrogen and oxygen atoms in total. The molecule has 0 aromatic carbocycles. The molecule has 0 unspecified atom stereocenters. The highest BCUT2D eigenvalue weighted by molar-refractivity contribution is 7.89. The van der Waals surface area contributed by atoms with Crippen LogP contribution in [0.1, 0.15) is 26.7 Å². The maximum absolute atomic E-state index is 11.7. The van der Waals surface area contributed by atoms with Gasteiger partial charge in [-0.2, -0.15) is 0 Å². The molecule has 0 aromatic rings. The highest BCUT2D eigenvalue weighted by Gasteiger charge is 2.31. The summed E-state index contributed by atoms with van der Waals surface area (Å²) in [6, 6.07) is 0. The smallest absolute Gasteiger partial charge is 0.214 e. The van der Waals surface area contributed by atoms with Crippen molar-refractivity contribution in [2.75, 3.05) is 45.5 Å². The Balaban J connectivity index is 1.81. The molecule has 0 radical (unpaired) electrons. The molecule has 2 rings (SSSR count). The van der Waals surface area contributed by atoms with Gasteiger partial charge in [0, 0.05) is 39.8 Å². The fourth-order valence-electron chi connectivity index (χ4n) is 2.86. The molecule has 2 saturated heterocycles. The molecule has 0 bridgehead atoms. The van der Waals surface area contributed by atoms with Gasteiger partial charge in [-0.05, 0) is 18.3 Å². The summed E-state index contributed by atoms with van der Waals surface area (Å²) < 4.78 is 25.0. The number of aliphatic imine (C=N–C) groups is 1. The highest BCUT2D eigenvalue weighted by Crippen LogP contribution is 2.28. The van der Waals surface area contributed by atoms with Crippen molar-refractivity contribution in [2.45, 2.75) is 26.7 Å². The van der Waals surface area contributed by atoms with Crippen LogP contribution in [0.3, 0.4) is 0 Å². The van der Waals surface area contributed by atoms with E-state index < -0.39 is 10.0 Å². The topological polar surface area (TPSA) is 65.0 Å². The van der Waals surface area contributed by atoms with Gasteiger partial charge in [-0.25, -0.2) is 12.7 Å². The van der Waals surface area contributed by atoms with Gasteiger partial charge in [0.1, 0.15) is 0 Å². The standard InChI is InChI=1S/C13H26N4O2S/c1-13(2)5-8-16(11-13)12(14-3)15-6-9-17-7-4-10-20(17,18)19/h4-11H2,1-3H3,(H,14,15). The van der Waals surface area contributed by atoms with Crippen molar-refractivity contribution in [1.82, 2.24) is 14.5 Å². The van der Waals surface area contributed by atoms with Gasteiger partial charge >= 0.3 is 0 Å². The van der Waals surface area contributed by atoms with E-state index in [-0.39, 0.29) is 0 Å². The molecule has 0 aromatic heterocycles. The van der Waals surface area contributed by atoms with E-state index in [2.05, 4.69) is 29.1 Å². The van der Waals surface area contributed by atoms with Crippen molar-refractivity contribution in [3.8, 4) is 0 Å². The molecule has 0 spiro atoms. The molecular formula is C13H26N4O2S. The number of hydrogen-bond acceptors (Lipinski definition) is 3. The predicted molar refractivity (Wildman–Crippen MR) is 81.3 cm³/mol. The Bertz CT molecular complexity index is 473. The third-order valence-corrected chi connectivity index (χ3v) is 5.99. The number of rotatable bonds is 3. The molecule has 7 heteroatoms. The van der Waals surface area contributed by atoms with Crippen molar-refractivity contribution in [1.29, 1.82) is 0 Å². The van der Waals surface area contributed by atoms with Crippen LogP contribution in [0.15, 0.2) is 4.99 Å². The van der Waals surface area contributed by atoms with Gasteiger partial charge < -0.3 is 10.2 Å². The lowest BCUT2D eigenvalue weighted by Crippen LogP contribution is -2.44. The second-order valence-electron chi connectivity index (χ2n) is 6.38. The van der Waals surface area contributed by atoms with Gasteiger partial charge in [0.25, 0.3) is 0 Å². The first-order chi connectivity index (χ1) is 9.34. The summed E-state index contributed by atoms with van der Waals surface area (Å²) in [6.07, 6.45) is 1.91. The SMILES string of the molecule is CN=C(NCCN1CCCS1(=O)=O)N1CCC(C)(C)C1. The molecule has 20 heavy (non-hydrogen) atoms. The van der Waals surface area contributed by atoms with Crippen LogP contribution in [0, 0.1) is 5.41 Å². The van der Waals surface area contributed by atoms with Crippen LogP contribution in [0.4, 0.5) is 0 Å². The molecule has 0 atom stereocenters. The van der Waals surface area contributed by atoms with E-state index in [1.54, 1.807) is 11.4 Å². The third-order valence-electron chi connectivity index (χ3n) is 4.04. The number of nitrogens with zero attached hydrogens (tertiary/aromatic N) is 3. The molecule has 2 aliphatic heterocycles. The largest absolute Gasteiger partial charge is 0.355 e. The minimum atomic E-state index is -2.99. The molecule has 0 saturated carbocycles. The third kappa shape index (κ3) is 3.63. The van der Waals surface area contributed by atoms with Crippen LogP contribution < -0.4 is 5.32 Å². The Morgan fingerprint density at radius 3 is 2.60 bits per heavy atom. The lowest BCUT2D eigenvalue weighted by atomic mass is 9.93. The zero-order chi connectivity index (χ0) is 14.8. The maximum Gasteiger partial charge on any atom is 0.214 e. The lowest BCUT2D eigenvalue weighted by molar-refractivity contribution is 0.368. The zero-order valence-corrected chi connectivity index (χ0v) is 13.5. The van der Waals surface area contributed by atoms with Gasteiger partial charge in [0.2, 0.25) is 10.0 Å². The van der Waals surface area contributed by atoms with Crippen LogP contribution in [0.25, 0.3) is 0 Å². The molecule has 116 valence electrons. The van der Waals surface area contributed by atoms with Crippen molar-refractivity contribution in [3.63, 3.8) is 0 Å². The van der Waals surface area contributed by atoms with E-state index in [0.29, 0.717) is 30.8 Å². The normalized spacial score (nSPS) is 26.1. The summed E-state index contributed by atoms with van der Waals surface area (Å²) in [6.45, 7) is 8.32. The maximum atomic E-state index is 11.7. The summed E-state index contributed by atoms with van der Waals surface area (Å²) in [5.41, 5.74) is 0.329. The number of likely N-dealkylation sites (tertiary alicyclic amines) is 1. The van der Waals surface area contributed by atoms with Crippen LogP contribution in [-0.2, 0) is 10.0 Å². The van der Waals surface area contributed by atoms with Gasteiger partial charge in [-0.15, -0.1) is 0 Å². The summed E-state index contributed by atoms with van der Waals surface area (Å²) in [4.78, 5) is 6.55. The number of hydrogen-bond donors (Lipinski definition) is 1. The average Bonchev–Trinajstić information content (AvgIpc) is 2.87. The molecular weight excluding hydrogens is 276 g/mol. The summed E-state index contributed by atoms with van der Waals surface area (Å²) in [5, 5.41) is 3.28. The Kier molecular flexibility index (Phi) is 4.59. The van der Waals surface area contributed by atoms with E-state index in [0.717, 1.165) is 31.9 Å². The Morgan fingerprint density at radius 2 is 2.10 bits per heavy atom. The summed E-state index contributed by atoms with van der Waals surface area (Å²) >= 11 is 0. The number of guanidine groups is 1. The molecule has 2 aliphatic rings. The Labute approximate surface area is 122 Å². The van der Waals surface area contributed by atoms with Crippen LogP contribution in [0.5, 0.6) is 0 Å². The van der Waals surface area contributed by atoms with E-state index in [9.17, 15) is 8.42 Å². The van der Waals surface area contributed by atoms with Gasteiger partial charge in [-0.1, -0.05) is 13.8 Å². The van der Waals surface area contributed by atoms with Crippen molar-refractivity contribution in [2.24, 2.45) is 10.4 Å². The van der Waals surface area contributed by atoms with Crippen molar-refractivity contribution in [3.05, 3.63) is 0 Å². The monoisotopic (exact) mass is 302 g/mol. The van der Waals surface area contributed by atoms with Crippen LogP contribution in [0.2, 0.25) is 0 Å². The first kappa shape index (κ1) is 15.6. The fourth-order valence-corrected chi connectivity index (χ4v) is 4.39. The van der Waals surface area contributed by atoms with Crippen molar-refractivity contribution >= 4 is 16.0 Å². The lowest BCUT2D eigenvalue weighted by Gasteiger charge is -2.24. The first-order valence-electron chi connectivity index (χ1n) is 7.27. The fraction of sp³-hybridized carbons (Fsp3) is 0.923. The molecule has 0 aliphatic carbocycles. The second kappa shape index (κ2) is 5.89. The van der Waals surface area contributed by atoms with E-state index >= 15 is 0 Å². The minimum absolute atomic E-state index is 0.294. The summed E-state index contributed by atoms with van der Waals surface area (Å²) in [7, 11) is -1.21. The zero-order valence-electron chi connectivity index (χ0n) is 12.7. The Morgan fingerprint density at radius 1 is 1.35 bits per heavy atom. The number of sulfonamides is 1. The molecule has 0 amide bonds. The molecule has 1 N–H and O–H groups in total. The molecule has 2 heterocycles. The van der Waals surface area contributed by atoms with Crippen LogP contribution >= 0.6 is 0 Å². The van der Waals surface area contributed by atoms with E-state index in [1.165, 1.54) is 0 Å². The van der Waals surface area contributed by atoms with Crippen LogP contribution in [-0.4, -0.2) is 69.1 Å². The molecule has 2 fully saturated rings. The van der Waals surface area contributed by atoms with Gasteiger partial charge in [-0.3, -0.25) is 4.99 Å². The number of nitrogens with one attached hydrogen (secondary N) is 1. The van der Waals surface area contributed by atoms with Gasteiger partial charge in [0.15, 0.2) is 5.96 Å². The Hall–Kier alpha value is -0.820. The summed E-state index contributed by atoms with van der Waals surface area (Å²) in [5.74, 6) is 1.18. The predicted octanol–water partition coefficient (Wildman–Crippen LogP) is 0.329.